The van der Waals surface area contributed by atoms with Gasteiger partial charge in [-0.05, 0) is 44.5 Å². The van der Waals surface area contributed by atoms with Crippen LogP contribution in [0.4, 0.5) is 0 Å². The summed E-state index contributed by atoms with van der Waals surface area (Å²) in [5.74, 6) is 1.18. The largest absolute Gasteiger partial charge is 0.353 e. The number of hydrogen-bond donors (Lipinski definition) is 1. The third kappa shape index (κ3) is 6.32. The van der Waals surface area contributed by atoms with Crippen molar-refractivity contribution < 1.29 is 4.79 Å². The fourth-order valence-electron chi connectivity index (χ4n) is 2.60. The molecule has 1 aromatic heterocycles. The van der Waals surface area contributed by atoms with Crippen LogP contribution in [0.1, 0.15) is 46.5 Å². The zero-order valence-electron chi connectivity index (χ0n) is 15.7. The Bertz CT molecular complexity index is 700. The molecule has 2 rings (SSSR count). The fourth-order valence-corrected chi connectivity index (χ4v) is 3.50. The van der Waals surface area contributed by atoms with Crippen molar-refractivity contribution in [3.05, 3.63) is 29.3 Å². The highest BCUT2D eigenvalue weighted by Gasteiger charge is 2.15. The van der Waals surface area contributed by atoms with E-state index in [-0.39, 0.29) is 11.9 Å². The molecule has 0 saturated carbocycles. The van der Waals surface area contributed by atoms with Gasteiger partial charge in [-0.1, -0.05) is 49.5 Å². The molecule has 0 aliphatic rings. The molecule has 0 radical (unpaired) electrons. The molecule has 0 bridgehead atoms. The molecule has 1 aromatic carbocycles. The van der Waals surface area contributed by atoms with Gasteiger partial charge in [-0.2, -0.15) is 0 Å². The van der Waals surface area contributed by atoms with Gasteiger partial charge in [0.25, 0.3) is 0 Å². The Labute approximate surface area is 164 Å². The molecule has 0 fully saturated rings. The summed E-state index contributed by atoms with van der Waals surface area (Å²) in [5.41, 5.74) is 0.982. The number of nitrogens with one attached hydrogen (secondary N) is 1. The highest BCUT2D eigenvalue weighted by molar-refractivity contribution is 7.99. The molecule has 2 aromatic rings. The van der Waals surface area contributed by atoms with Gasteiger partial charge in [0, 0.05) is 23.2 Å². The molecule has 7 heteroatoms. The summed E-state index contributed by atoms with van der Waals surface area (Å²) < 4.78 is 2.12. The number of amides is 1. The highest BCUT2D eigenvalue weighted by Crippen LogP contribution is 2.26. The van der Waals surface area contributed by atoms with Crippen LogP contribution in [-0.2, 0) is 11.3 Å². The van der Waals surface area contributed by atoms with Crippen molar-refractivity contribution in [1.29, 1.82) is 0 Å². The molecule has 142 valence electrons. The number of rotatable bonds is 10. The summed E-state index contributed by atoms with van der Waals surface area (Å²) in [5, 5.41) is 13.1. The minimum Gasteiger partial charge on any atom is -0.353 e. The van der Waals surface area contributed by atoms with E-state index in [9.17, 15) is 4.79 Å². The van der Waals surface area contributed by atoms with Crippen LogP contribution in [0.25, 0.3) is 11.4 Å². The summed E-state index contributed by atoms with van der Waals surface area (Å²) in [7, 11) is 0. The van der Waals surface area contributed by atoms with Gasteiger partial charge in [0.15, 0.2) is 11.0 Å². The van der Waals surface area contributed by atoms with Crippen molar-refractivity contribution in [2.45, 2.75) is 64.2 Å². The first-order chi connectivity index (χ1) is 12.5. The smallest absolute Gasteiger partial charge is 0.230 e. The quantitative estimate of drug-likeness (QED) is 0.464. The zero-order chi connectivity index (χ0) is 18.9. The number of thioether (sulfide) groups is 1. The van der Waals surface area contributed by atoms with Crippen molar-refractivity contribution in [3.8, 4) is 11.4 Å². The van der Waals surface area contributed by atoms with Crippen LogP contribution in [0.15, 0.2) is 29.4 Å². The average molecular weight is 395 g/mol. The molecule has 5 nitrogen and oxygen atoms in total. The first-order valence-electron chi connectivity index (χ1n) is 9.12. The Hall–Kier alpha value is -1.53. The van der Waals surface area contributed by atoms with E-state index < -0.39 is 0 Å². The number of nitrogens with zero attached hydrogens (tertiary/aromatic N) is 3. The summed E-state index contributed by atoms with van der Waals surface area (Å²) in [4.78, 5) is 11.9. The lowest BCUT2D eigenvalue weighted by Crippen LogP contribution is -2.31. The van der Waals surface area contributed by atoms with E-state index in [2.05, 4.69) is 27.0 Å². The van der Waals surface area contributed by atoms with Gasteiger partial charge in [-0.15, -0.1) is 10.2 Å². The predicted molar refractivity (Wildman–Crippen MR) is 109 cm³/mol. The van der Waals surface area contributed by atoms with E-state index in [0.29, 0.717) is 10.8 Å². The van der Waals surface area contributed by atoms with E-state index in [0.717, 1.165) is 29.5 Å². The Balaban J connectivity index is 2.15. The molecule has 0 atom stereocenters. The Morgan fingerprint density at radius 2 is 1.92 bits per heavy atom. The number of benzene rings is 1. The van der Waals surface area contributed by atoms with Gasteiger partial charge in [0.05, 0.1) is 5.75 Å². The summed E-state index contributed by atoms with van der Waals surface area (Å²) in [6.45, 7) is 6.96. The van der Waals surface area contributed by atoms with E-state index >= 15 is 0 Å². The number of unbranched alkanes of at least 4 members (excludes halogenated alkanes) is 3. The number of aromatic nitrogens is 3. The summed E-state index contributed by atoms with van der Waals surface area (Å²) in [6.07, 6.45) is 4.66. The minimum absolute atomic E-state index is 0.0126. The minimum atomic E-state index is 0.0126. The monoisotopic (exact) mass is 394 g/mol. The summed E-state index contributed by atoms with van der Waals surface area (Å²) in [6, 6.07) is 7.76. The number of carbonyl (C=O) groups is 1. The maximum absolute atomic E-state index is 11.9. The topological polar surface area (TPSA) is 59.8 Å². The average Bonchev–Trinajstić information content (AvgIpc) is 3.00. The number of halogens is 1. The standard InChI is InChI=1S/C19H27ClN4OS/c1-4-5-6-7-12-24-18(15-8-10-16(20)11-9-15)22-23-19(24)26-13-17(25)21-14(2)3/h8-11,14H,4-7,12-13H2,1-3H3,(H,21,25). The lowest BCUT2D eigenvalue weighted by Gasteiger charge is -2.11. The molecule has 26 heavy (non-hydrogen) atoms. The second-order valence-corrected chi connectivity index (χ2v) is 7.92. The van der Waals surface area contributed by atoms with Crippen LogP contribution < -0.4 is 5.32 Å². The molecule has 1 N–H and O–H groups in total. The molecular formula is C19H27ClN4OS. The van der Waals surface area contributed by atoms with Gasteiger partial charge in [0.1, 0.15) is 0 Å². The Morgan fingerprint density at radius 1 is 1.19 bits per heavy atom. The van der Waals surface area contributed by atoms with Crippen LogP contribution in [0.3, 0.4) is 0 Å². The zero-order valence-corrected chi connectivity index (χ0v) is 17.2. The molecule has 0 unspecified atom stereocenters. The third-order valence-electron chi connectivity index (χ3n) is 3.84. The van der Waals surface area contributed by atoms with Gasteiger partial charge in [0.2, 0.25) is 5.91 Å². The lowest BCUT2D eigenvalue weighted by molar-refractivity contribution is -0.119. The first kappa shape index (κ1) is 20.8. The van der Waals surface area contributed by atoms with E-state index in [4.69, 9.17) is 11.6 Å². The van der Waals surface area contributed by atoms with Crippen LogP contribution in [-0.4, -0.2) is 32.5 Å². The van der Waals surface area contributed by atoms with Crippen molar-refractivity contribution >= 4 is 29.3 Å². The predicted octanol–water partition coefficient (Wildman–Crippen LogP) is 4.80. The second kappa shape index (κ2) is 10.6. The van der Waals surface area contributed by atoms with Gasteiger partial charge >= 0.3 is 0 Å². The molecule has 0 saturated heterocycles. The molecule has 1 amide bonds. The van der Waals surface area contributed by atoms with Gasteiger partial charge < -0.3 is 9.88 Å². The molecule has 0 spiro atoms. The molecular weight excluding hydrogens is 368 g/mol. The Kier molecular flexibility index (Phi) is 8.45. The van der Waals surface area contributed by atoms with Crippen molar-refractivity contribution in [2.24, 2.45) is 0 Å². The molecule has 0 aliphatic heterocycles. The normalized spacial score (nSPS) is 11.1. The second-order valence-electron chi connectivity index (χ2n) is 6.54. The van der Waals surface area contributed by atoms with E-state index in [1.807, 2.05) is 38.1 Å². The lowest BCUT2D eigenvalue weighted by atomic mass is 10.2. The maximum Gasteiger partial charge on any atom is 0.230 e. The van der Waals surface area contributed by atoms with Crippen molar-refractivity contribution in [1.82, 2.24) is 20.1 Å². The number of hydrogen-bond acceptors (Lipinski definition) is 4. The van der Waals surface area contributed by atoms with E-state index in [1.165, 1.54) is 31.0 Å². The number of carbonyl (C=O) groups excluding carboxylic acids is 1. The fraction of sp³-hybridized carbons (Fsp3) is 0.526. The first-order valence-corrected chi connectivity index (χ1v) is 10.5. The SMILES string of the molecule is CCCCCCn1c(SCC(=O)NC(C)C)nnc1-c1ccc(Cl)cc1. The van der Waals surface area contributed by atoms with Gasteiger partial charge in [-0.25, -0.2) is 0 Å². The molecule has 1 heterocycles. The Morgan fingerprint density at radius 3 is 2.58 bits per heavy atom. The van der Waals surface area contributed by atoms with Crippen LogP contribution in [0.5, 0.6) is 0 Å². The van der Waals surface area contributed by atoms with Gasteiger partial charge in [-0.3, -0.25) is 4.79 Å². The van der Waals surface area contributed by atoms with Crippen LogP contribution in [0, 0.1) is 0 Å². The summed E-state index contributed by atoms with van der Waals surface area (Å²) >= 11 is 7.43. The highest BCUT2D eigenvalue weighted by atomic mass is 35.5. The van der Waals surface area contributed by atoms with E-state index in [1.54, 1.807) is 0 Å². The third-order valence-corrected chi connectivity index (χ3v) is 5.06. The maximum atomic E-state index is 11.9. The van der Waals surface area contributed by atoms with Crippen molar-refractivity contribution in [2.75, 3.05) is 5.75 Å². The molecule has 0 aliphatic carbocycles. The van der Waals surface area contributed by atoms with Crippen molar-refractivity contribution in [3.63, 3.8) is 0 Å². The van der Waals surface area contributed by atoms with Crippen LogP contribution >= 0.6 is 23.4 Å². The van der Waals surface area contributed by atoms with Crippen LogP contribution in [0.2, 0.25) is 5.02 Å².